The van der Waals surface area contributed by atoms with Crippen LogP contribution in [0.15, 0.2) is 54.7 Å². The molecule has 7 nitrogen and oxygen atoms in total. The highest BCUT2D eigenvalue weighted by Gasteiger charge is 2.13. The van der Waals surface area contributed by atoms with Crippen molar-refractivity contribution in [2.45, 2.75) is 6.42 Å². The molecule has 0 saturated heterocycles. The minimum atomic E-state index is -0.394. The molecule has 0 fully saturated rings. The fourth-order valence-corrected chi connectivity index (χ4v) is 2.88. The second-order valence-electron chi connectivity index (χ2n) is 5.50. The van der Waals surface area contributed by atoms with Gasteiger partial charge in [-0.3, -0.25) is 14.5 Å². The third-order valence-corrected chi connectivity index (χ3v) is 3.93. The van der Waals surface area contributed by atoms with Gasteiger partial charge in [-0.2, -0.15) is 0 Å². The quantitative estimate of drug-likeness (QED) is 0.462. The molecule has 118 valence electrons. The third kappa shape index (κ3) is 2.23. The van der Waals surface area contributed by atoms with Crippen LogP contribution >= 0.6 is 0 Å². The monoisotopic (exact) mass is 319 g/mol. The maximum atomic E-state index is 11.0. The molecule has 4 rings (SSSR count). The Kier molecular flexibility index (Phi) is 3.13. The molecule has 0 radical (unpaired) electrons. The zero-order chi connectivity index (χ0) is 16.7. The molecule has 0 aliphatic heterocycles. The van der Waals surface area contributed by atoms with E-state index in [0.717, 1.165) is 22.3 Å². The third-order valence-electron chi connectivity index (χ3n) is 3.93. The van der Waals surface area contributed by atoms with E-state index in [9.17, 15) is 10.1 Å². The van der Waals surface area contributed by atoms with Gasteiger partial charge in [0, 0.05) is 30.4 Å². The minimum absolute atomic E-state index is 0.0763. The molecule has 0 aliphatic carbocycles. The number of nitrogen functional groups attached to an aromatic ring is 1. The summed E-state index contributed by atoms with van der Waals surface area (Å²) in [5, 5.41) is 11.0. The van der Waals surface area contributed by atoms with E-state index in [0.29, 0.717) is 17.9 Å². The molecule has 24 heavy (non-hydrogen) atoms. The minimum Gasteiger partial charge on any atom is -0.381 e. The average molecular weight is 319 g/mol. The van der Waals surface area contributed by atoms with Crippen LogP contribution < -0.4 is 5.73 Å². The van der Waals surface area contributed by atoms with Gasteiger partial charge in [0.1, 0.15) is 0 Å². The number of nitro benzene ring substituents is 1. The van der Waals surface area contributed by atoms with E-state index >= 15 is 0 Å². The number of fused-ring (bicyclic) bond motifs is 3. The van der Waals surface area contributed by atoms with Gasteiger partial charge in [0.05, 0.1) is 16.0 Å². The lowest BCUT2D eigenvalue weighted by atomic mass is 10.1. The maximum Gasteiger partial charge on any atom is 0.269 e. The predicted molar refractivity (Wildman–Crippen MR) is 90.8 cm³/mol. The summed E-state index contributed by atoms with van der Waals surface area (Å²) >= 11 is 0. The number of non-ortho nitro benzene ring substituents is 1. The molecule has 0 unspecified atom stereocenters. The highest BCUT2D eigenvalue weighted by molar-refractivity contribution is 5.82. The molecule has 0 bridgehead atoms. The number of hydrogen-bond donors (Lipinski definition) is 1. The van der Waals surface area contributed by atoms with Gasteiger partial charge < -0.3 is 5.73 Å². The van der Waals surface area contributed by atoms with Crippen LogP contribution in [-0.4, -0.2) is 19.3 Å². The molecule has 0 saturated carbocycles. The zero-order valence-electron chi connectivity index (χ0n) is 12.6. The van der Waals surface area contributed by atoms with E-state index in [1.165, 1.54) is 6.07 Å². The molecule has 0 amide bonds. The number of hydrogen-bond acceptors (Lipinski definition) is 5. The standard InChI is InChI=1S/C17H13N5O2/c18-16-17-19-10-13(9-11-4-3-5-12(8-11)22(23)24)21(17)15-7-2-1-6-14(15)20-16/h1-8,10H,9H2,(H2,18,20). The Balaban J connectivity index is 1.89. The van der Waals surface area contributed by atoms with Crippen molar-refractivity contribution in [1.82, 2.24) is 14.4 Å². The molecule has 2 aromatic heterocycles. The van der Waals surface area contributed by atoms with Gasteiger partial charge in [-0.25, -0.2) is 9.97 Å². The summed E-state index contributed by atoms with van der Waals surface area (Å²) in [4.78, 5) is 19.3. The van der Waals surface area contributed by atoms with Gasteiger partial charge in [0.15, 0.2) is 11.5 Å². The Morgan fingerprint density at radius 1 is 1.17 bits per heavy atom. The van der Waals surface area contributed by atoms with Gasteiger partial charge in [-0.05, 0) is 17.7 Å². The summed E-state index contributed by atoms with van der Waals surface area (Å²) in [7, 11) is 0. The SMILES string of the molecule is Nc1nc2ccccc2n2c(Cc3cccc([N+](=O)[O-])c3)cnc12. The van der Waals surface area contributed by atoms with E-state index in [4.69, 9.17) is 5.73 Å². The fraction of sp³-hybridized carbons (Fsp3) is 0.0588. The molecule has 0 atom stereocenters. The number of nitrogens with zero attached hydrogens (tertiary/aromatic N) is 4. The lowest BCUT2D eigenvalue weighted by molar-refractivity contribution is -0.384. The van der Waals surface area contributed by atoms with Crippen LogP contribution in [-0.2, 0) is 6.42 Å². The van der Waals surface area contributed by atoms with Crippen LogP contribution in [0.1, 0.15) is 11.3 Å². The smallest absolute Gasteiger partial charge is 0.269 e. The first-order chi connectivity index (χ1) is 11.6. The van der Waals surface area contributed by atoms with Crippen molar-refractivity contribution in [3.05, 3.63) is 76.1 Å². The van der Waals surface area contributed by atoms with Crippen molar-refractivity contribution >= 4 is 28.2 Å². The summed E-state index contributed by atoms with van der Waals surface area (Å²) in [6.07, 6.45) is 2.24. The number of nitro groups is 1. The van der Waals surface area contributed by atoms with Crippen molar-refractivity contribution < 1.29 is 4.92 Å². The van der Waals surface area contributed by atoms with E-state index in [2.05, 4.69) is 9.97 Å². The summed E-state index contributed by atoms with van der Waals surface area (Å²) in [5.74, 6) is 0.360. The van der Waals surface area contributed by atoms with Gasteiger partial charge in [0.25, 0.3) is 5.69 Å². The number of imidazole rings is 1. The largest absolute Gasteiger partial charge is 0.381 e. The first-order valence-electron chi connectivity index (χ1n) is 7.37. The average Bonchev–Trinajstić information content (AvgIpc) is 3.00. The first-order valence-corrected chi connectivity index (χ1v) is 7.37. The molecule has 7 heteroatoms. The second kappa shape index (κ2) is 5.31. The van der Waals surface area contributed by atoms with Crippen LogP contribution in [0.5, 0.6) is 0 Å². The van der Waals surface area contributed by atoms with Gasteiger partial charge in [-0.1, -0.05) is 24.3 Å². The van der Waals surface area contributed by atoms with Crippen LogP contribution in [0.2, 0.25) is 0 Å². The summed E-state index contributed by atoms with van der Waals surface area (Å²) in [6.45, 7) is 0. The van der Waals surface area contributed by atoms with Crippen LogP contribution in [0.4, 0.5) is 11.5 Å². The van der Waals surface area contributed by atoms with Crippen LogP contribution in [0, 0.1) is 10.1 Å². The second-order valence-corrected chi connectivity index (χ2v) is 5.50. The number of para-hydroxylation sites is 2. The Morgan fingerprint density at radius 2 is 2.00 bits per heavy atom. The Bertz CT molecular complexity index is 1090. The van der Waals surface area contributed by atoms with Crippen molar-refractivity contribution in [1.29, 1.82) is 0 Å². The number of nitrogens with two attached hydrogens (primary N) is 1. The van der Waals surface area contributed by atoms with Crippen molar-refractivity contribution in [3.8, 4) is 0 Å². The highest BCUT2D eigenvalue weighted by Crippen LogP contribution is 2.23. The van der Waals surface area contributed by atoms with Crippen molar-refractivity contribution in [2.75, 3.05) is 5.73 Å². The molecular weight excluding hydrogens is 306 g/mol. The van der Waals surface area contributed by atoms with Gasteiger partial charge in [-0.15, -0.1) is 0 Å². The summed E-state index contributed by atoms with van der Waals surface area (Å²) in [6, 6.07) is 14.3. The van der Waals surface area contributed by atoms with Gasteiger partial charge >= 0.3 is 0 Å². The first kappa shape index (κ1) is 14.1. The Morgan fingerprint density at radius 3 is 2.83 bits per heavy atom. The number of benzene rings is 2. The molecular formula is C17H13N5O2. The molecule has 2 aromatic carbocycles. The summed E-state index contributed by atoms with van der Waals surface area (Å²) < 4.78 is 1.95. The Hall–Kier alpha value is -3.48. The number of anilines is 1. The summed E-state index contributed by atoms with van der Waals surface area (Å²) in [5.41, 5.74) is 10.1. The van der Waals surface area contributed by atoms with E-state index in [1.54, 1.807) is 18.3 Å². The maximum absolute atomic E-state index is 11.0. The van der Waals surface area contributed by atoms with Crippen LogP contribution in [0.3, 0.4) is 0 Å². The van der Waals surface area contributed by atoms with Crippen molar-refractivity contribution in [3.63, 3.8) is 0 Å². The lowest BCUT2D eigenvalue weighted by Gasteiger charge is -2.07. The number of rotatable bonds is 3. The molecule has 0 spiro atoms. The molecule has 2 N–H and O–H groups in total. The van der Waals surface area contributed by atoms with Crippen LogP contribution in [0.25, 0.3) is 16.7 Å². The molecule has 4 aromatic rings. The normalized spacial score (nSPS) is 11.2. The fourth-order valence-electron chi connectivity index (χ4n) is 2.88. The number of aromatic nitrogens is 3. The van der Waals surface area contributed by atoms with E-state index in [1.807, 2.05) is 34.7 Å². The zero-order valence-corrected chi connectivity index (χ0v) is 12.6. The Labute approximate surface area is 136 Å². The van der Waals surface area contributed by atoms with E-state index in [-0.39, 0.29) is 5.69 Å². The molecule has 2 heterocycles. The van der Waals surface area contributed by atoms with Crippen molar-refractivity contribution in [2.24, 2.45) is 0 Å². The predicted octanol–water partition coefficient (Wildman–Crippen LogP) is 2.96. The highest BCUT2D eigenvalue weighted by atomic mass is 16.6. The lowest BCUT2D eigenvalue weighted by Crippen LogP contribution is -2.02. The topological polar surface area (TPSA) is 99.3 Å². The van der Waals surface area contributed by atoms with E-state index < -0.39 is 4.92 Å². The van der Waals surface area contributed by atoms with Gasteiger partial charge in [0.2, 0.25) is 0 Å². The molecule has 0 aliphatic rings.